The van der Waals surface area contributed by atoms with E-state index in [0.717, 1.165) is 5.56 Å². The molecule has 2 N–H and O–H groups in total. The summed E-state index contributed by atoms with van der Waals surface area (Å²) in [6.45, 7) is 4.04. The van der Waals surface area contributed by atoms with Gasteiger partial charge in [0, 0.05) is 0 Å². The zero-order valence-corrected chi connectivity index (χ0v) is 6.76. The van der Waals surface area contributed by atoms with E-state index in [4.69, 9.17) is 5.73 Å². The minimum absolute atomic E-state index is 0.217. The number of rotatable bonds is 1. The van der Waals surface area contributed by atoms with E-state index in [1.807, 2.05) is 19.9 Å². The molecule has 0 aliphatic heterocycles. The Bertz CT molecular complexity index is 256. The van der Waals surface area contributed by atoms with Crippen molar-refractivity contribution in [3.63, 3.8) is 0 Å². The smallest absolute Gasteiger partial charge is 0.146 e. The van der Waals surface area contributed by atoms with Crippen LogP contribution in [0.25, 0.3) is 0 Å². The maximum absolute atomic E-state index is 12.8. The number of halogens is 1. The van der Waals surface area contributed by atoms with E-state index < -0.39 is 0 Å². The zero-order valence-electron chi connectivity index (χ0n) is 6.76. The summed E-state index contributed by atoms with van der Waals surface area (Å²) >= 11 is 0. The molecule has 0 aromatic heterocycles. The monoisotopic (exact) mass is 153 g/mol. The molecular formula is C9H12FN. The number of hydrogen-bond donors (Lipinski definition) is 1. The second-order valence-corrected chi connectivity index (χ2v) is 2.94. The topological polar surface area (TPSA) is 26.0 Å². The van der Waals surface area contributed by atoms with E-state index in [-0.39, 0.29) is 11.5 Å². The molecule has 0 radical (unpaired) electrons. The maximum Gasteiger partial charge on any atom is 0.146 e. The molecule has 11 heavy (non-hydrogen) atoms. The van der Waals surface area contributed by atoms with Gasteiger partial charge >= 0.3 is 0 Å². The quantitative estimate of drug-likeness (QED) is 0.616. The standard InChI is InChI=1S/C9H12FN/c1-6(2)7-3-4-9(11)8(10)5-7/h3-6H,11H2,1-2H3. The van der Waals surface area contributed by atoms with Gasteiger partial charge in [0.1, 0.15) is 5.82 Å². The van der Waals surface area contributed by atoms with Gasteiger partial charge in [0.2, 0.25) is 0 Å². The van der Waals surface area contributed by atoms with Crippen LogP contribution in [0.2, 0.25) is 0 Å². The van der Waals surface area contributed by atoms with E-state index in [2.05, 4.69) is 0 Å². The van der Waals surface area contributed by atoms with Gasteiger partial charge in [0.15, 0.2) is 0 Å². The average Bonchev–Trinajstić information content (AvgIpc) is 1.94. The van der Waals surface area contributed by atoms with Gasteiger partial charge in [-0.15, -0.1) is 0 Å². The van der Waals surface area contributed by atoms with Crippen molar-refractivity contribution in [3.05, 3.63) is 29.6 Å². The fraction of sp³-hybridized carbons (Fsp3) is 0.333. The highest BCUT2D eigenvalue weighted by Gasteiger charge is 2.02. The van der Waals surface area contributed by atoms with E-state index in [1.54, 1.807) is 6.07 Å². The average molecular weight is 153 g/mol. The molecule has 0 heterocycles. The van der Waals surface area contributed by atoms with Crippen molar-refractivity contribution in [1.82, 2.24) is 0 Å². The molecule has 0 aliphatic carbocycles. The first-order chi connectivity index (χ1) is 5.11. The number of nitrogens with two attached hydrogens (primary N) is 1. The van der Waals surface area contributed by atoms with Crippen LogP contribution in [0.3, 0.4) is 0 Å². The van der Waals surface area contributed by atoms with Crippen LogP contribution in [0.4, 0.5) is 10.1 Å². The Kier molecular flexibility index (Phi) is 2.13. The van der Waals surface area contributed by atoms with E-state index in [1.165, 1.54) is 6.07 Å². The van der Waals surface area contributed by atoms with Gasteiger partial charge in [0.05, 0.1) is 5.69 Å². The van der Waals surface area contributed by atoms with Crippen molar-refractivity contribution < 1.29 is 4.39 Å². The summed E-state index contributed by atoms with van der Waals surface area (Å²) in [5.74, 6) is 0.0290. The second kappa shape index (κ2) is 2.91. The lowest BCUT2D eigenvalue weighted by Gasteiger charge is -2.05. The van der Waals surface area contributed by atoms with Crippen LogP contribution in [0.1, 0.15) is 25.3 Å². The minimum Gasteiger partial charge on any atom is -0.396 e. The number of nitrogen functional groups attached to an aromatic ring is 1. The number of benzene rings is 1. The minimum atomic E-state index is -0.323. The van der Waals surface area contributed by atoms with Crippen LogP contribution in [-0.2, 0) is 0 Å². The van der Waals surface area contributed by atoms with Crippen LogP contribution < -0.4 is 5.73 Å². The Morgan fingerprint density at radius 1 is 1.36 bits per heavy atom. The molecule has 1 nitrogen and oxygen atoms in total. The molecule has 0 atom stereocenters. The summed E-state index contributed by atoms with van der Waals surface area (Å²) in [5, 5.41) is 0. The zero-order chi connectivity index (χ0) is 8.43. The molecule has 1 rings (SSSR count). The van der Waals surface area contributed by atoms with Gasteiger partial charge in [0.25, 0.3) is 0 Å². The molecule has 1 aromatic carbocycles. The molecule has 0 unspecified atom stereocenters. The lowest BCUT2D eigenvalue weighted by atomic mass is 10.0. The van der Waals surface area contributed by atoms with Crippen molar-refractivity contribution in [2.75, 3.05) is 5.73 Å². The summed E-state index contributed by atoms with van der Waals surface area (Å²) in [6, 6.07) is 4.94. The van der Waals surface area contributed by atoms with Crippen molar-refractivity contribution in [2.45, 2.75) is 19.8 Å². The number of hydrogen-bond acceptors (Lipinski definition) is 1. The molecule has 0 spiro atoms. The van der Waals surface area contributed by atoms with E-state index in [9.17, 15) is 4.39 Å². The first-order valence-corrected chi connectivity index (χ1v) is 3.66. The van der Waals surface area contributed by atoms with E-state index in [0.29, 0.717) is 5.92 Å². The van der Waals surface area contributed by atoms with Gasteiger partial charge < -0.3 is 5.73 Å². The Labute approximate surface area is 66.0 Å². The first-order valence-electron chi connectivity index (χ1n) is 3.66. The van der Waals surface area contributed by atoms with Crippen LogP contribution >= 0.6 is 0 Å². The van der Waals surface area contributed by atoms with Gasteiger partial charge in [-0.3, -0.25) is 0 Å². The lowest BCUT2D eigenvalue weighted by Crippen LogP contribution is -1.93. The molecule has 0 bridgehead atoms. The van der Waals surface area contributed by atoms with E-state index >= 15 is 0 Å². The van der Waals surface area contributed by atoms with Crippen molar-refractivity contribution in [3.8, 4) is 0 Å². The molecule has 2 heteroatoms. The fourth-order valence-electron chi connectivity index (χ4n) is 0.903. The Morgan fingerprint density at radius 3 is 2.45 bits per heavy atom. The highest BCUT2D eigenvalue weighted by molar-refractivity contribution is 5.41. The predicted molar refractivity (Wildman–Crippen MR) is 44.9 cm³/mol. The third-order valence-corrected chi connectivity index (χ3v) is 1.69. The lowest BCUT2D eigenvalue weighted by molar-refractivity contribution is 0.628. The third kappa shape index (κ3) is 1.70. The van der Waals surface area contributed by atoms with Crippen molar-refractivity contribution >= 4 is 5.69 Å². The van der Waals surface area contributed by atoms with Gasteiger partial charge in [-0.05, 0) is 23.6 Å². The largest absolute Gasteiger partial charge is 0.396 e. The Balaban J connectivity index is 3.05. The van der Waals surface area contributed by atoms with Crippen molar-refractivity contribution in [2.24, 2.45) is 0 Å². The maximum atomic E-state index is 12.8. The summed E-state index contributed by atoms with van der Waals surface area (Å²) in [5.41, 5.74) is 6.51. The Hall–Kier alpha value is -1.05. The second-order valence-electron chi connectivity index (χ2n) is 2.94. The van der Waals surface area contributed by atoms with Crippen LogP contribution in [0.5, 0.6) is 0 Å². The first kappa shape index (κ1) is 8.05. The summed E-state index contributed by atoms with van der Waals surface area (Å²) in [4.78, 5) is 0. The molecule has 60 valence electrons. The molecule has 1 aromatic rings. The van der Waals surface area contributed by atoms with Crippen molar-refractivity contribution in [1.29, 1.82) is 0 Å². The molecule has 0 amide bonds. The SMILES string of the molecule is CC(C)c1ccc(N)c(F)c1. The summed E-state index contributed by atoms with van der Waals surface area (Å²) in [6.07, 6.45) is 0. The summed E-state index contributed by atoms with van der Waals surface area (Å²) in [7, 11) is 0. The molecule has 0 aliphatic rings. The Morgan fingerprint density at radius 2 is 2.00 bits per heavy atom. The fourth-order valence-corrected chi connectivity index (χ4v) is 0.903. The number of anilines is 1. The van der Waals surface area contributed by atoms with Gasteiger partial charge in [-0.1, -0.05) is 19.9 Å². The molecule has 0 saturated heterocycles. The van der Waals surface area contributed by atoms with Gasteiger partial charge in [-0.25, -0.2) is 4.39 Å². The molecular weight excluding hydrogens is 141 g/mol. The highest BCUT2D eigenvalue weighted by Crippen LogP contribution is 2.18. The predicted octanol–water partition coefficient (Wildman–Crippen LogP) is 2.53. The third-order valence-electron chi connectivity index (χ3n) is 1.69. The molecule has 0 fully saturated rings. The van der Waals surface area contributed by atoms with Gasteiger partial charge in [-0.2, -0.15) is 0 Å². The summed E-state index contributed by atoms with van der Waals surface area (Å²) < 4.78 is 12.8. The van der Waals surface area contributed by atoms with Crippen LogP contribution in [-0.4, -0.2) is 0 Å². The van der Waals surface area contributed by atoms with Crippen LogP contribution in [0, 0.1) is 5.82 Å². The highest BCUT2D eigenvalue weighted by atomic mass is 19.1. The van der Waals surface area contributed by atoms with Crippen LogP contribution in [0.15, 0.2) is 18.2 Å². The normalized spacial score (nSPS) is 10.5. The molecule has 0 saturated carbocycles.